The van der Waals surface area contributed by atoms with Crippen LogP contribution in [0.2, 0.25) is 0 Å². The SMILES string of the molecule is C=CCCOC(=O)N(CCC)[C@H]1CC(=NOCc2ccccc2)C2=C[C@H](CCCCO)[C@@H](CCCCO)[C@@H]3c4cc(Oc5ccc6ccccc6c5)ccc4O[C@@]1(OCC=C)[C@H]23. The summed E-state index contributed by atoms with van der Waals surface area (Å²) in [6.45, 7) is 11.2. The molecular formula is C52H62N2O8. The standard InChI is InChI=1S/C52H62N2O8/c1-4-7-31-58-51(57)54(27-5-2)48-35-46(53-60-36-37-17-9-8-10-18-37)44-33-40(21-13-15-28-55)43(22-14-16-29-56)49-45-34-42(61-41-24-23-38-19-11-12-20-39(38)32-41)25-26-47(45)62-52(48,50(44)49)59-30-6-3/h4,6,8-12,17-20,23-26,32-34,40,43,48-50,55-56H,1,3,5,7,13-16,21-22,27-31,35-36H2,2H3/t40-,43+,48-,49+,50+,52+/m0/s1. The summed E-state index contributed by atoms with van der Waals surface area (Å²) in [5, 5.41) is 27.1. The molecule has 328 valence electrons. The van der Waals surface area contributed by atoms with E-state index in [4.69, 9.17) is 28.9 Å². The van der Waals surface area contributed by atoms with Gasteiger partial charge in [-0.15, -0.1) is 13.2 Å². The molecule has 0 saturated heterocycles. The average Bonchev–Trinajstić information content (AvgIpc) is 3.29. The summed E-state index contributed by atoms with van der Waals surface area (Å²) in [6.07, 6.45) is 11.5. The lowest BCUT2D eigenvalue weighted by molar-refractivity contribution is -0.255. The van der Waals surface area contributed by atoms with Crippen LogP contribution in [0.15, 0.2) is 133 Å². The first kappa shape index (κ1) is 44.6. The quantitative estimate of drug-likeness (QED) is 0.0456. The lowest BCUT2D eigenvalue weighted by Gasteiger charge is -2.59. The van der Waals surface area contributed by atoms with Crippen molar-refractivity contribution in [3.8, 4) is 17.2 Å². The molecule has 1 fully saturated rings. The van der Waals surface area contributed by atoms with E-state index in [2.05, 4.69) is 49.6 Å². The molecule has 3 aliphatic rings. The van der Waals surface area contributed by atoms with E-state index in [1.807, 2.05) is 67.6 Å². The first-order valence-corrected chi connectivity index (χ1v) is 22.4. The number of rotatable bonds is 22. The molecule has 4 aromatic carbocycles. The van der Waals surface area contributed by atoms with Gasteiger partial charge in [0.05, 0.1) is 24.8 Å². The van der Waals surface area contributed by atoms with Crippen LogP contribution in [-0.2, 0) is 20.9 Å². The summed E-state index contributed by atoms with van der Waals surface area (Å²) in [6, 6.07) is 29.6. The van der Waals surface area contributed by atoms with Gasteiger partial charge in [-0.25, -0.2) is 4.79 Å². The maximum absolute atomic E-state index is 14.3. The molecule has 6 atom stereocenters. The van der Waals surface area contributed by atoms with Gasteiger partial charge in [-0.2, -0.15) is 0 Å². The van der Waals surface area contributed by atoms with Crippen LogP contribution in [0.1, 0.15) is 81.8 Å². The van der Waals surface area contributed by atoms with Gasteiger partial charge in [0.25, 0.3) is 0 Å². The third kappa shape index (κ3) is 9.94. The Morgan fingerprint density at radius 1 is 0.903 bits per heavy atom. The number of nitrogens with zero attached hydrogens (tertiary/aromatic N) is 2. The normalized spacial score (nSPS) is 23.0. The van der Waals surface area contributed by atoms with E-state index in [9.17, 15) is 15.0 Å². The Bertz CT molecular complexity index is 2190. The number of hydrogen-bond acceptors (Lipinski definition) is 9. The van der Waals surface area contributed by atoms with Gasteiger partial charge in [0.1, 0.15) is 29.9 Å². The summed E-state index contributed by atoms with van der Waals surface area (Å²) >= 11 is 0. The predicted molar refractivity (Wildman–Crippen MR) is 243 cm³/mol. The van der Waals surface area contributed by atoms with Crippen molar-refractivity contribution in [2.75, 3.05) is 33.0 Å². The Labute approximate surface area is 366 Å². The highest BCUT2D eigenvalue weighted by atomic mass is 16.7. The second-order valence-corrected chi connectivity index (χ2v) is 16.5. The topological polar surface area (TPSA) is 119 Å². The van der Waals surface area contributed by atoms with Crippen molar-refractivity contribution >= 4 is 22.6 Å². The number of benzene rings is 4. The molecule has 2 N–H and O–H groups in total. The number of aliphatic hydroxyl groups excluding tert-OH is 2. The summed E-state index contributed by atoms with van der Waals surface area (Å²) in [5.41, 5.74) is 3.68. The van der Waals surface area contributed by atoms with Gasteiger partial charge in [0.15, 0.2) is 0 Å². The molecule has 0 radical (unpaired) electrons. The maximum atomic E-state index is 14.3. The molecule has 1 amide bonds. The number of aliphatic hydroxyl groups is 2. The molecule has 10 nitrogen and oxygen atoms in total. The van der Waals surface area contributed by atoms with E-state index >= 15 is 0 Å². The molecular weight excluding hydrogens is 781 g/mol. The fourth-order valence-electron chi connectivity index (χ4n) is 9.77. The number of carbonyl (C=O) groups is 1. The zero-order valence-electron chi connectivity index (χ0n) is 36.0. The largest absolute Gasteiger partial charge is 0.459 e. The number of allylic oxidation sites excluding steroid dienone is 1. The van der Waals surface area contributed by atoms with Crippen LogP contribution < -0.4 is 9.47 Å². The molecule has 0 aromatic heterocycles. The van der Waals surface area contributed by atoms with Crippen molar-refractivity contribution in [3.63, 3.8) is 0 Å². The molecule has 0 unspecified atom stereocenters. The number of fused-ring (bicyclic) bond motifs is 3. The van der Waals surface area contributed by atoms with E-state index in [1.54, 1.807) is 17.1 Å². The monoisotopic (exact) mass is 842 g/mol. The molecule has 4 aromatic rings. The first-order valence-electron chi connectivity index (χ1n) is 22.4. The van der Waals surface area contributed by atoms with E-state index in [-0.39, 0.29) is 57.2 Å². The van der Waals surface area contributed by atoms with Crippen molar-refractivity contribution in [2.45, 2.75) is 89.1 Å². The number of carbonyl (C=O) groups excluding carboxylic acids is 1. The third-order valence-corrected chi connectivity index (χ3v) is 12.5. The number of oxime groups is 1. The summed E-state index contributed by atoms with van der Waals surface area (Å²) < 4.78 is 27.0. The van der Waals surface area contributed by atoms with Gasteiger partial charge < -0.3 is 34.0 Å². The third-order valence-electron chi connectivity index (χ3n) is 12.5. The molecule has 0 spiro atoms. The van der Waals surface area contributed by atoms with Crippen LogP contribution in [0.3, 0.4) is 0 Å². The van der Waals surface area contributed by atoms with Gasteiger partial charge in [-0.05, 0) is 103 Å². The number of hydrogen-bond donors (Lipinski definition) is 2. The van der Waals surface area contributed by atoms with Crippen molar-refractivity contribution in [3.05, 3.63) is 139 Å². The molecule has 2 aliphatic carbocycles. The van der Waals surface area contributed by atoms with Crippen LogP contribution >= 0.6 is 0 Å². The van der Waals surface area contributed by atoms with Crippen molar-refractivity contribution in [1.82, 2.24) is 4.90 Å². The highest BCUT2D eigenvalue weighted by molar-refractivity contribution is 6.03. The minimum Gasteiger partial charge on any atom is -0.459 e. The lowest BCUT2D eigenvalue weighted by Crippen LogP contribution is -2.70. The van der Waals surface area contributed by atoms with Gasteiger partial charge >= 0.3 is 6.09 Å². The van der Waals surface area contributed by atoms with Crippen LogP contribution in [0.5, 0.6) is 17.2 Å². The molecule has 1 heterocycles. The minimum atomic E-state index is -1.38. The summed E-state index contributed by atoms with van der Waals surface area (Å²) in [5.74, 6) is 0.207. The Kier molecular flexibility index (Phi) is 15.5. The Balaban J connectivity index is 1.42. The molecule has 0 bridgehead atoms. The summed E-state index contributed by atoms with van der Waals surface area (Å²) in [7, 11) is 0. The van der Waals surface area contributed by atoms with Gasteiger partial charge in [-0.1, -0.05) is 104 Å². The van der Waals surface area contributed by atoms with Crippen LogP contribution in [0, 0.1) is 17.8 Å². The van der Waals surface area contributed by atoms with Gasteiger partial charge in [0, 0.05) is 37.7 Å². The van der Waals surface area contributed by atoms with Crippen molar-refractivity contribution < 1.29 is 38.8 Å². The number of unbranched alkanes of at least 4 members (excludes halogenated alkanes) is 2. The van der Waals surface area contributed by atoms with E-state index in [0.717, 1.165) is 64.6 Å². The lowest BCUT2D eigenvalue weighted by atomic mass is 9.55. The summed E-state index contributed by atoms with van der Waals surface area (Å²) in [4.78, 5) is 22.3. The zero-order chi connectivity index (χ0) is 43.3. The smallest absolute Gasteiger partial charge is 0.410 e. The minimum absolute atomic E-state index is 0.0728. The Morgan fingerprint density at radius 2 is 1.65 bits per heavy atom. The molecule has 1 aliphatic heterocycles. The fourth-order valence-corrected chi connectivity index (χ4v) is 9.77. The van der Waals surface area contributed by atoms with E-state index in [1.165, 1.54) is 0 Å². The van der Waals surface area contributed by atoms with Crippen molar-refractivity contribution in [1.29, 1.82) is 0 Å². The maximum Gasteiger partial charge on any atom is 0.410 e. The number of amides is 1. The van der Waals surface area contributed by atoms with Crippen LogP contribution in [0.4, 0.5) is 4.79 Å². The molecule has 10 heteroatoms. The molecule has 7 rings (SSSR count). The van der Waals surface area contributed by atoms with Gasteiger partial charge in [0.2, 0.25) is 5.79 Å². The predicted octanol–water partition coefficient (Wildman–Crippen LogP) is 10.9. The molecule has 62 heavy (non-hydrogen) atoms. The second kappa shape index (κ2) is 21.6. The Morgan fingerprint density at radius 3 is 2.40 bits per heavy atom. The van der Waals surface area contributed by atoms with Crippen molar-refractivity contribution in [2.24, 2.45) is 22.9 Å². The van der Waals surface area contributed by atoms with Crippen LogP contribution in [0.25, 0.3) is 10.8 Å². The average molecular weight is 843 g/mol. The van der Waals surface area contributed by atoms with E-state index < -0.39 is 23.8 Å². The number of ether oxygens (including phenoxy) is 4. The molecule has 1 saturated carbocycles. The highest BCUT2D eigenvalue weighted by Crippen LogP contribution is 2.62. The highest BCUT2D eigenvalue weighted by Gasteiger charge is 2.65. The Hall–Kier alpha value is -5.42. The fraction of sp³-hybridized carbons (Fsp3) is 0.423. The van der Waals surface area contributed by atoms with Crippen LogP contribution in [-0.4, -0.2) is 71.7 Å². The van der Waals surface area contributed by atoms with E-state index in [0.29, 0.717) is 43.7 Å². The van der Waals surface area contributed by atoms with Gasteiger partial charge in [-0.3, -0.25) is 4.90 Å². The zero-order valence-corrected chi connectivity index (χ0v) is 36.0. The second-order valence-electron chi connectivity index (χ2n) is 16.5. The first-order chi connectivity index (χ1) is 30.4.